The van der Waals surface area contributed by atoms with Crippen molar-refractivity contribution in [1.29, 1.82) is 0 Å². The van der Waals surface area contributed by atoms with Gasteiger partial charge in [-0.2, -0.15) is 0 Å². The van der Waals surface area contributed by atoms with Gasteiger partial charge in [-0.25, -0.2) is 9.59 Å². The van der Waals surface area contributed by atoms with Crippen molar-refractivity contribution in [3.63, 3.8) is 0 Å². The molecule has 0 atom stereocenters. The molecular weight excluding hydrogens is 424 g/mol. The second kappa shape index (κ2) is 10.6. The molecule has 1 aliphatic heterocycles. The largest absolute Gasteiger partial charge is 0.465 e. The molecule has 178 valence electrons. The van der Waals surface area contributed by atoms with E-state index in [1.165, 1.54) is 13.3 Å². The highest BCUT2D eigenvalue weighted by atomic mass is 16.6. The normalized spacial score (nSPS) is 14.7. The van der Waals surface area contributed by atoms with E-state index in [2.05, 4.69) is 15.2 Å². The van der Waals surface area contributed by atoms with Crippen LogP contribution in [0.25, 0.3) is 10.9 Å². The molecule has 0 saturated carbocycles. The number of aromatic nitrogens is 1. The van der Waals surface area contributed by atoms with Gasteiger partial charge < -0.3 is 19.7 Å². The van der Waals surface area contributed by atoms with E-state index in [1.807, 2.05) is 20.8 Å². The fourth-order valence-corrected chi connectivity index (χ4v) is 3.72. The second-order valence-corrected chi connectivity index (χ2v) is 9.01. The summed E-state index contributed by atoms with van der Waals surface area (Å²) in [5.74, 6) is -0.558. The molecule has 2 heterocycles. The molecule has 1 aromatic carbocycles. The first kappa shape index (κ1) is 24.4. The van der Waals surface area contributed by atoms with Crippen LogP contribution in [0.2, 0.25) is 0 Å². The van der Waals surface area contributed by atoms with Gasteiger partial charge in [0.2, 0.25) is 5.91 Å². The van der Waals surface area contributed by atoms with E-state index in [4.69, 9.17) is 9.47 Å². The van der Waals surface area contributed by atoms with E-state index in [0.717, 1.165) is 19.6 Å². The predicted octanol–water partition coefficient (Wildman–Crippen LogP) is 3.29. The Bertz CT molecular complexity index is 1010. The van der Waals surface area contributed by atoms with Crippen LogP contribution in [0.5, 0.6) is 0 Å². The molecule has 1 N–H and O–H groups in total. The van der Waals surface area contributed by atoms with Gasteiger partial charge in [0.25, 0.3) is 0 Å². The molecule has 0 unspecified atom stereocenters. The number of hydrogen-bond donors (Lipinski definition) is 1. The van der Waals surface area contributed by atoms with Crippen molar-refractivity contribution in [2.45, 2.75) is 39.2 Å². The maximum atomic E-state index is 12.5. The molecule has 33 heavy (non-hydrogen) atoms. The Labute approximate surface area is 194 Å². The molecule has 0 radical (unpaired) electrons. The lowest BCUT2D eigenvalue weighted by molar-refractivity contribution is -0.116. The maximum Gasteiger partial charge on any atom is 0.410 e. The molecule has 1 fully saturated rings. The van der Waals surface area contributed by atoms with Crippen molar-refractivity contribution < 1.29 is 23.9 Å². The van der Waals surface area contributed by atoms with E-state index < -0.39 is 11.6 Å². The topological polar surface area (TPSA) is 101 Å². The number of amides is 2. The molecule has 1 aliphatic rings. The maximum absolute atomic E-state index is 12.5. The number of ether oxygens (including phenoxy) is 2. The van der Waals surface area contributed by atoms with Crippen LogP contribution < -0.4 is 5.32 Å². The van der Waals surface area contributed by atoms with Gasteiger partial charge >= 0.3 is 12.1 Å². The fourth-order valence-electron chi connectivity index (χ4n) is 3.72. The number of piperazine rings is 1. The van der Waals surface area contributed by atoms with Crippen molar-refractivity contribution in [3.8, 4) is 0 Å². The SMILES string of the molecule is COC(=O)c1ccnc2c(NC(=O)CCCN3CCN(C(=O)OC(C)(C)C)CC3)cccc12. The van der Waals surface area contributed by atoms with Gasteiger partial charge in [-0.1, -0.05) is 12.1 Å². The summed E-state index contributed by atoms with van der Waals surface area (Å²) < 4.78 is 10.3. The molecule has 1 aromatic heterocycles. The van der Waals surface area contributed by atoms with Gasteiger partial charge in [0.15, 0.2) is 0 Å². The Morgan fingerprint density at radius 2 is 1.82 bits per heavy atom. The number of fused-ring (bicyclic) bond motifs is 1. The summed E-state index contributed by atoms with van der Waals surface area (Å²) in [5, 5.41) is 3.54. The monoisotopic (exact) mass is 456 g/mol. The van der Waals surface area contributed by atoms with E-state index in [1.54, 1.807) is 29.2 Å². The molecule has 9 nitrogen and oxygen atoms in total. The van der Waals surface area contributed by atoms with Crippen molar-refractivity contribution in [1.82, 2.24) is 14.8 Å². The Kier molecular flexibility index (Phi) is 7.86. The van der Waals surface area contributed by atoms with Crippen LogP contribution in [0, 0.1) is 0 Å². The van der Waals surface area contributed by atoms with Gasteiger partial charge in [-0.15, -0.1) is 0 Å². The zero-order chi connectivity index (χ0) is 24.0. The summed E-state index contributed by atoms with van der Waals surface area (Å²) in [6, 6.07) is 6.92. The molecule has 3 rings (SSSR count). The quantitative estimate of drug-likeness (QED) is 0.666. The van der Waals surface area contributed by atoms with Crippen LogP contribution in [0.4, 0.5) is 10.5 Å². The number of para-hydroxylation sites is 1. The minimum atomic E-state index is -0.498. The van der Waals surface area contributed by atoms with E-state index >= 15 is 0 Å². The summed E-state index contributed by atoms with van der Waals surface area (Å²) >= 11 is 0. The smallest absolute Gasteiger partial charge is 0.410 e. The zero-order valence-electron chi connectivity index (χ0n) is 19.7. The lowest BCUT2D eigenvalue weighted by Gasteiger charge is -2.35. The minimum Gasteiger partial charge on any atom is -0.465 e. The van der Waals surface area contributed by atoms with Gasteiger partial charge in [0, 0.05) is 44.2 Å². The number of methoxy groups -OCH3 is 1. The van der Waals surface area contributed by atoms with Crippen molar-refractivity contribution in [2.24, 2.45) is 0 Å². The highest BCUT2D eigenvalue weighted by molar-refractivity contribution is 6.08. The molecule has 0 spiro atoms. The third-order valence-corrected chi connectivity index (χ3v) is 5.35. The van der Waals surface area contributed by atoms with Crippen molar-refractivity contribution in [2.75, 3.05) is 45.2 Å². The summed E-state index contributed by atoms with van der Waals surface area (Å²) in [6.45, 7) is 9.09. The summed E-state index contributed by atoms with van der Waals surface area (Å²) in [7, 11) is 1.33. The highest BCUT2D eigenvalue weighted by Gasteiger charge is 2.25. The number of carbonyl (C=O) groups excluding carboxylic acids is 3. The van der Waals surface area contributed by atoms with E-state index in [9.17, 15) is 14.4 Å². The van der Waals surface area contributed by atoms with Crippen LogP contribution >= 0.6 is 0 Å². The Morgan fingerprint density at radius 1 is 1.09 bits per heavy atom. The van der Waals surface area contributed by atoms with Gasteiger partial charge in [-0.05, 0) is 45.9 Å². The van der Waals surface area contributed by atoms with Gasteiger partial charge in [0.1, 0.15) is 5.60 Å². The second-order valence-electron chi connectivity index (χ2n) is 9.01. The standard InChI is InChI=1S/C24H32N4O5/c1-24(2,3)33-23(31)28-15-13-27(14-16-28)12-6-9-20(29)26-19-8-5-7-17-18(22(30)32-4)10-11-25-21(17)19/h5,7-8,10-11H,6,9,12-16H2,1-4H3,(H,26,29). The number of benzene rings is 1. The van der Waals surface area contributed by atoms with Crippen LogP contribution in [0.15, 0.2) is 30.5 Å². The van der Waals surface area contributed by atoms with E-state index in [0.29, 0.717) is 48.1 Å². The van der Waals surface area contributed by atoms with Crippen LogP contribution in [-0.4, -0.2) is 78.2 Å². The third-order valence-electron chi connectivity index (χ3n) is 5.35. The van der Waals surface area contributed by atoms with Crippen molar-refractivity contribution in [3.05, 3.63) is 36.0 Å². The number of pyridine rings is 1. The fraction of sp³-hybridized carbons (Fsp3) is 0.500. The van der Waals surface area contributed by atoms with Crippen LogP contribution in [0.1, 0.15) is 44.0 Å². The Hall–Kier alpha value is -3.20. The molecular formula is C24H32N4O5. The van der Waals surface area contributed by atoms with Crippen molar-refractivity contribution >= 4 is 34.6 Å². The summed E-state index contributed by atoms with van der Waals surface area (Å²) in [4.78, 5) is 45.0. The number of nitrogens with one attached hydrogen (secondary N) is 1. The molecule has 9 heteroatoms. The lowest BCUT2D eigenvalue weighted by Crippen LogP contribution is -2.50. The van der Waals surface area contributed by atoms with Crippen LogP contribution in [0.3, 0.4) is 0 Å². The summed E-state index contributed by atoms with van der Waals surface area (Å²) in [5.41, 5.74) is 1.02. The number of rotatable bonds is 6. The average molecular weight is 457 g/mol. The van der Waals surface area contributed by atoms with Gasteiger partial charge in [-0.3, -0.25) is 14.7 Å². The molecule has 1 saturated heterocycles. The molecule has 2 amide bonds. The summed E-state index contributed by atoms with van der Waals surface area (Å²) in [6.07, 6.45) is 2.31. The highest BCUT2D eigenvalue weighted by Crippen LogP contribution is 2.25. The molecule has 2 aromatic rings. The third kappa shape index (κ3) is 6.64. The first-order valence-electron chi connectivity index (χ1n) is 11.1. The number of anilines is 1. The first-order chi connectivity index (χ1) is 15.7. The minimum absolute atomic E-state index is 0.111. The number of carbonyl (C=O) groups is 3. The Balaban J connectivity index is 1.48. The average Bonchev–Trinajstić information content (AvgIpc) is 2.77. The van der Waals surface area contributed by atoms with E-state index in [-0.39, 0.29) is 12.0 Å². The van der Waals surface area contributed by atoms with Crippen LogP contribution in [-0.2, 0) is 14.3 Å². The molecule has 0 bridgehead atoms. The molecule has 0 aliphatic carbocycles. The number of nitrogens with zero attached hydrogens (tertiary/aromatic N) is 3. The predicted molar refractivity (Wildman–Crippen MR) is 125 cm³/mol. The number of esters is 1. The number of hydrogen-bond acceptors (Lipinski definition) is 7. The zero-order valence-corrected chi connectivity index (χ0v) is 19.7. The Morgan fingerprint density at radius 3 is 2.48 bits per heavy atom. The van der Waals surface area contributed by atoms with Gasteiger partial charge in [0.05, 0.1) is 23.9 Å². The lowest BCUT2D eigenvalue weighted by atomic mass is 10.1. The first-order valence-corrected chi connectivity index (χ1v) is 11.1.